The molecule has 80 valence electrons. The summed E-state index contributed by atoms with van der Waals surface area (Å²) in [6, 6.07) is 4.40. The summed E-state index contributed by atoms with van der Waals surface area (Å²) in [6.45, 7) is 7.01. The Morgan fingerprint density at radius 1 is 1.14 bits per heavy atom. The highest BCUT2D eigenvalue weighted by atomic mass is 32.1. The van der Waals surface area contributed by atoms with Gasteiger partial charge in [0.2, 0.25) is 0 Å². The van der Waals surface area contributed by atoms with E-state index in [4.69, 9.17) is 0 Å². The van der Waals surface area contributed by atoms with E-state index in [9.17, 15) is 0 Å². The fourth-order valence-electron chi connectivity index (χ4n) is 1.61. The molecule has 1 atom stereocenters. The summed E-state index contributed by atoms with van der Waals surface area (Å²) in [6.07, 6.45) is 5.40. The zero-order valence-electron chi connectivity index (χ0n) is 9.62. The first-order valence-corrected chi connectivity index (χ1v) is 6.59. The molecular weight excluding hydrogens is 188 g/mol. The Morgan fingerprint density at radius 3 is 2.50 bits per heavy atom. The van der Waals surface area contributed by atoms with Crippen LogP contribution in [0, 0.1) is 11.8 Å². The van der Waals surface area contributed by atoms with Crippen LogP contribution >= 0.6 is 11.3 Å². The molecule has 0 saturated heterocycles. The van der Waals surface area contributed by atoms with Gasteiger partial charge in [-0.05, 0) is 36.1 Å². The smallest absolute Gasteiger partial charge is 0.00453 e. The second kappa shape index (κ2) is 6.23. The summed E-state index contributed by atoms with van der Waals surface area (Å²) < 4.78 is 0. The first kappa shape index (κ1) is 11.8. The van der Waals surface area contributed by atoms with Gasteiger partial charge in [-0.2, -0.15) is 0 Å². The molecule has 1 heterocycles. The van der Waals surface area contributed by atoms with E-state index in [1.807, 2.05) is 11.3 Å². The van der Waals surface area contributed by atoms with Crippen molar-refractivity contribution in [1.29, 1.82) is 0 Å². The van der Waals surface area contributed by atoms with Gasteiger partial charge in [0.15, 0.2) is 0 Å². The van der Waals surface area contributed by atoms with Gasteiger partial charge < -0.3 is 0 Å². The van der Waals surface area contributed by atoms with Gasteiger partial charge in [-0.3, -0.25) is 0 Å². The second-order valence-corrected chi connectivity index (χ2v) is 5.73. The highest BCUT2D eigenvalue weighted by Crippen LogP contribution is 2.19. The number of rotatable bonds is 6. The first-order valence-electron chi connectivity index (χ1n) is 5.71. The summed E-state index contributed by atoms with van der Waals surface area (Å²) in [7, 11) is 0. The maximum absolute atomic E-state index is 2.38. The van der Waals surface area contributed by atoms with Crippen molar-refractivity contribution in [3.63, 3.8) is 0 Å². The van der Waals surface area contributed by atoms with Crippen LogP contribution in [0.5, 0.6) is 0 Å². The van der Waals surface area contributed by atoms with Crippen molar-refractivity contribution >= 4 is 11.3 Å². The van der Waals surface area contributed by atoms with E-state index in [0.29, 0.717) is 0 Å². The van der Waals surface area contributed by atoms with Crippen molar-refractivity contribution in [1.82, 2.24) is 0 Å². The molecule has 14 heavy (non-hydrogen) atoms. The van der Waals surface area contributed by atoms with Gasteiger partial charge in [0.25, 0.3) is 0 Å². The van der Waals surface area contributed by atoms with Crippen LogP contribution in [-0.2, 0) is 6.42 Å². The van der Waals surface area contributed by atoms with E-state index in [2.05, 4.69) is 38.3 Å². The Morgan fingerprint density at radius 2 is 1.93 bits per heavy atom. The molecular formula is C13H22S. The number of hydrogen-bond donors (Lipinski definition) is 0. The normalized spacial score (nSPS) is 13.4. The van der Waals surface area contributed by atoms with Gasteiger partial charge in [-0.25, -0.2) is 0 Å². The fraction of sp³-hybridized carbons (Fsp3) is 0.692. The van der Waals surface area contributed by atoms with Gasteiger partial charge in [0, 0.05) is 4.88 Å². The van der Waals surface area contributed by atoms with Gasteiger partial charge >= 0.3 is 0 Å². The van der Waals surface area contributed by atoms with Crippen LogP contribution in [0.1, 0.15) is 44.9 Å². The second-order valence-electron chi connectivity index (χ2n) is 4.69. The molecule has 0 bridgehead atoms. The lowest BCUT2D eigenvalue weighted by Gasteiger charge is -2.11. The topological polar surface area (TPSA) is 0 Å². The lowest BCUT2D eigenvalue weighted by molar-refractivity contribution is 0.429. The van der Waals surface area contributed by atoms with Crippen LogP contribution in [0.3, 0.4) is 0 Å². The molecule has 0 N–H and O–H groups in total. The minimum Gasteiger partial charge on any atom is -0.149 e. The number of hydrogen-bond acceptors (Lipinski definition) is 1. The number of thiophene rings is 1. The van der Waals surface area contributed by atoms with Crippen molar-refractivity contribution in [2.45, 2.75) is 46.5 Å². The molecule has 1 unspecified atom stereocenters. The van der Waals surface area contributed by atoms with E-state index >= 15 is 0 Å². The van der Waals surface area contributed by atoms with Crippen LogP contribution in [-0.4, -0.2) is 0 Å². The molecule has 0 saturated carbocycles. The van der Waals surface area contributed by atoms with E-state index in [0.717, 1.165) is 11.8 Å². The predicted octanol–water partition coefficient (Wildman–Crippen LogP) is 4.75. The maximum Gasteiger partial charge on any atom is 0.00453 e. The molecule has 0 aliphatic carbocycles. The summed E-state index contributed by atoms with van der Waals surface area (Å²) in [5.41, 5.74) is 0. The van der Waals surface area contributed by atoms with Crippen LogP contribution in [0.15, 0.2) is 17.5 Å². The quantitative estimate of drug-likeness (QED) is 0.635. The third-order valence-corrected chi connectivity index (χ3v) is 3.64. The molecule has 1 aromatic heterocycles. The summed E-state index contributed by atoms with van der Waals surface area (Å²) in [5.74, 6) is 1.75. The molecule has 0 aromatic carbocycles. The van der Waals surface area contributed by atoms with E-state index in [-0.39, 0.29) is 0 Å². The van der Waals surface area contributed by atoms with E-state index in [1.165, 1.54) is 25.7 Å². The zero-order valence-corrected chi connectivity index (χ0v) is 10.4. The minimum absolute atomic E-state index is 0.860. The molecule has 0 amide bonds. The van der Waals surface area contributed by atoms with Crippen molar-refractivity contribution < 1.29 is 0 Å². The SMILES string of the molecule is CC(C)CCC(C)CCc1cccs1. The van der Waals surface area contributed by atoms with Gasteiger partial charge in [0.05, 0.1) is 0 Å². The molecule has 0 aliphatic heterocycles. The van der Waals surface area contributed by atoms with Crippen molar-refractivity contribution in [3.05, 3.63) is 22.4 Å². The highest BCUT2D eigenvalue weighted by Gasteiger charge is 2.04. The Balaban J connectivity index is 2.12. The standard InChI is InChI=1S/C13H22S/c1-11(2)6-7-12(3)8-9-13-5-4-10-14-13/h4-5,10-12H,6-9H2,1-3H3. The monoisotopic (exact) mass is 210 g/mol. The summed E-state index contributed by atoms with van der Waals surface area (Å²) in [5, 5.41) is 2.17. The van der Waals surface area contributed by atoms with Gasteiger partial charge in [-0.15, -0.1) is 11.3 Å². The molecule has 0 spiro atoms. The summed E-state index contributed by atoms with van der Waals surface area (Å²) >= 11 is 1.89. The molecule has 0 radical (unpaired) electrons. The largest absolute Gasteiger partial charge is 0.149 e. The van der Waals surface area contributed by atoms with Crippen molar-refractivity contribution in [2.75, 3.05) is 0 Å². The molecule has 1 aromatic rings. The van der Waals surface area contributed by atoms with Crippen molar-refractivity contribution in [2.24, 2.45) is 11.8 Å². The third-order valence-electron chi connectivity index (χ3n) is 2.70. The highest BCUT2D eigenvalue weighted by molar-refractivity contribution is 7.09. The Labute approximate surface area is 92.4 Å². The average molecular weight is 210 g/mol. The van der Waals surface area contributed by atoms with E-state index < -0.39 is 0 Å². The molecule has 1 heteroatoms. The summed E-state index contributed by atoms with van der Waals surface area (Å²) in [4.78, 5) is 1.54. The van der Waals surface area contributed by atoms with Gasteiger partial charge in [0.1, 0.15) is 0 Å². The Bertz CT molecular complexity index is 223. The minimum atomic E-state index is 0.860. The Kier molecular flexibility index (Phi) is 5.24. The molecule has 0 fully saturated rings. The third kappa shape index (κ3) is 4.80. The molecule has 0 aliphatic rings. The number of aryl methyl sites for hydroxylation is 1. The van der Waals surface area contributed by atoms with E-state index in [1.54, 1.807) is 4.88 Å². The van der Waals surface area contributed by atoms with Crippen molar-refractivity contribution in [3.8, 4) is 0 Å². The maximum atomic E-state index is 2.38. The fourth-order valence-corrected chi connectivity index (χ4v) is 2.33. The van der Waals surface area contributed by atoms with Gasteiger partial charge in [-0.1, -0.05) is 39.7 Å². The average Bonchev–Trinajstić information content (AvgIpc) is 2.63. The van der Waals surface area contributed by atoms with Crippen LogP contribution < -0.4 is 0 Å². The van der Waals surface area contributed by atoms with Crippen LogP contribution in [0.2, 0.25) is 0 Å². The lowest BCUT2D eigenvalue weighted by atomic mass is 9.95. The molecule has 0 nitrogen and oxygen atoms in total. The zero-order chi connectivity index (χ0) is 10.4. The lowest BCUT2D eigenvalue weighted by Crippen LogP contribution is -1.99. The predicted molar refractivity (Wildman–Crippen MR) is 65.9 cm³/mol. The molecule has 1 rings (SSSR count). The first-order chi connectivity index (χ1) is 6.68. The Hall–Kier alpha value is -0.300. The van der Waals surface area contributed by atoms with Crippen LogP contribution in [0.25, 0.3) is 0 Å². The van der Waals surface area contributed by atoms with Crippen LogP contribution in [0.4, 0.5) is 0 Å².